The van der Waals surface area contributed by atoms with Crippen LogP contribution in [0.25, 0.3) is 0 Å². The number of carbonyl (C=O) groups is 2. The van der Waals surface area contributed by atoms with Crippen LogP contribution in [-0.4, -0.2) is 79.2 Å². The molecule has 1 unspecified atom stereocenters. The van der Waals surface area contributed by atoms with Gasteiger partial charge in [0.05, 0.1) is 30.3 Å². The molecule has 1 aliphatic carbocycles. The smallest absolute Gasteiger partial charge is 0.331 e. The standard InChI is InChI=1S/C34H49ClO9/c1-5-22(2)12-6-9-15-26(36)21-29(38)33(41)32(40)24(4)27(35)16-10-7-13-23(3)14-8-11-17-31(39)44-30-20-25(34(42)43)18-19-28(30)37/h6-17,22,24-26,28-30,32-33,36-38,40-41H,5,18-21H2,1-4H3,(H,42,43)/b10-7+,12-6+,14-8+,15-9+,17-11+,23-13+,27-16-/t22?,24-,25+,26+,28+,29-,30-,32-,33-/m1/s1. The first kappa shape index (κ1) is 39.2. The summed E-state index contributed by atoms with van der Waals surface area (Å²) in [5.74, 6) is -2.54. The Morgan fingerprint density at radius 2 is 1.55 bits per heavy atom. The van der Waals surface area contributed by atoms with Gasteiger partial charge in [-0.05, 0) is 31.8 Å². The number of esters is 1. The molecule has 0 radical (unpaired) electrons. The number of hydrogen-bond donors (Lipinski definition) is 6. The summed E-state index contributed by atoms with van der Waals surface area (Å²) in [5, 5.41) is 60.7. The summed E-state index contributed by atoms with van der Waals surface area (Å²) < 4.78 is 5.22. The van der Waals surface area contributed by atoms with Crippen molar-refractivity contribution in [1.29, 1.82) is 0 Å². The third-order valence-corrected chi connectivity index (χ3v) is 7.97. The van der Waals surface area contributed by atoms with E-state index in [2.05, 4.69) is 13.8 Å². The summed E-state index contributed by atoms with van der Waals surface area (Å²) in [7, 11) is 0. The van der Waals surface area contributed by atoms with E-state index in [9.17, 15) is 35.1 Å². The van der Waals surface area contributed by atoms with Crippen molar-refractivity contribution in [2.24, 2.45) is 17.8 Å². The third-order valence-electron chi connectivity index (χ3n) is 7.50. The van der Waals surface area contributed by atoms with E-state index in [4.69, 9.17) is 21.4 Å². The van der Waals surface area contributed by atoms with E-state index in [1.165, 1.54) is 18.2 Å². The van der Waals surface area contributed by atoms with Crippen molar-refractivity contribution in [2.75, 3.05) is 0 Å². The summed E-state index contributed by atoms with van der Waals surface area (Å²) in [6.07, 6.45) is 14.4. The molecule has 0 spiro atoms. The third kappa shape index (κ3) is 15.3. The second kappa shape index (κ2) is 21.0. The quantitative estimate of drug-likeness (QED) is 0.0765. The maximum atomic E-state index is 12.0. The first-order valence-electron chi connectivity index (χ1n) is 15.0. The van der Waals surface area contributed by atoms with Gasteiger partial charge in [-0.25, -0.2) is 4.79 Å². The molecule has 0 aliphatic heterocycles. The van der Waals surface area contributed by atoms with Gasteiger partial charge < -0.3 is 35.4 Å². The van der Waals surface area contributed by atoms with Crippen LogP contribution in [0.2, 0.25) is 0 Å². The van der Waals surface area contributed by atoms with Gasteiger partial charge in [-0.3, -0.25) is 4.79 Å². The monoisotopic (exact) mass is 636 g/mol. The Balaban J connectivity index is 2.56. The van der Waals surface area contributed by atoms with Gasteiger partial charge in [0.25, 0.3) is 0 Å². The molecule has 0 saturated heterocycles. The van der Waals surface area contributed by atoms with Crippen LogP contribution in [0.3, 0.4) is 0 Å². The molecule has 1 saturated carbocycles. The van der Waals surface area contributed by atoms with E-state index in [0.29, 0.717) is 12.3 Å². The van der Waals surface area contributed by atoms with Crippen LogP contribution >= 0.6 is 11.6 Å². The fourth-order valence-corrected chi connectivity index (χ4v) is 4.49. The first-order valence-corrected chi connectivity index (χ1v) is 15.4. The minimum atomic E-state index is -1.51. The van der Waals surface area contributed by atoms with Crippen molar-refractivity contribution in [3.8, 4) is 0 Å². The minimum absolute atomic E-state index is 0.0811. The van der Waals surface area contributed by atoms with Gasteiger partial charge in [0, 0.05) is 29.9 Å². The van der Waals surface area contributed by atoms with Gasteiger partial charge in [-0.15, -0.1) is 0 Å². The number of rotatable bonds is 17. The molecule has 1 fully saturated rings. The molecule has 0 aromatic rings. The van der Waals surface area contributed by atoms with Crippen LogP contribution in [0, 0.1) is 17.8 Å². The highest BCUT2D eigenvalue weighted by Crippen LogP contribution is 2.27. The van der Waals surface area contributed by atoms with E-state index in [0.717, 1.165) is 12.0 Å². The van der Waals surface area contributed by atoms with Crippen LogP contribution in [0.4, 0.5) is 0 Å². The molecule has 10 heteroatoms. The minimum Gasteiger partial charge on any atom is -0.481 e. The topological polar surface area (TPSA) is 165 Å². The van der Waals surface area contributed by atoms with Gasteiger partial charge in [0.15, 0.2) is 0 Å². The van der Waals surface area contributed by atoms with E-state index in [1.807, 2.05) is 19.1 Å². The molecule has 0 bridgehead atoms. The van der Waals surface area contributed by atoms with Crippen molar-refractivity contribution in [3.63, 3.8) is 0 Å². The van der Waals surface area contributed by atoms with Gasteiger partial charge in [0.2, 0.25) is 0 Å². The lowest BCUT2D eigenvalue weighted by molar-refractivity contribution is -0.159. The molecule has 0 amide bonds. The zero-order chi connectivity index (χ0) is 33.2. The Bertz CT molecular complexity index is 1100. The molecular weight excluding hydrogens is 588 g/mol. The predicted octanol–water partition coefficient (Wildman–Crippen LogP) is 4.51. The Morgan fingerprint density at radius 3 is 2.20 bits per heavy atom. The van der Waals surface area contributed by atoms with E-state index in [1.54, 1.807) is 49.5 Å². The number of ether oxygens (including phenoxy) is 1. The maximum Gasteiger partial charge on any atom is 0.331 e. The Kier molecular flexibility index (Phi) is 18.8. The molecule has 1 rings (SSSR count). The second-order valence-electron chi connectivity index (χ2n) is 11.3. The lowest BCUT2D eigenvalue weighted by atomic mass is 9.85. The van der Waals surface area contributed by atoms with Crippen LogP contribution < -0.4 is 0 Å². The summed E-state index contributed by atoms with van der Waals surface area (Å²) in [4.78, 5) is 23.2. The number of hydrogen-bond acceptors (Lipinski definition) is 8. The molecule has 44 heavy (non-hydrogen) atoms. The molecule has 6 N–H and O–H groups in total. The Labute approximate surface area is 265 Å². The molecule has 9 atom stereocenters. The molecule has 0 aromatic heterocycles. The largest absolute Gasteiger partial charge is 0.481 e. The van der Waals surface area contributed by atoms with Crippen molar-refractivity contribution < 1.29 is 45.0 Å². The Hall–Kier alpha value is -2.79. The highest BCUT2D eigenvalue weighted by Gasteiger charge is 2.35. The van der Waals surface area contributed by atoms with E-state index < -0.39 is 60.4 Å². The van der Waals surface area contributed by atoms with Crippen LogP contribution in [0.15, 0.2) is 83.5 Å². The predicted molar refractivity (Wildman–Crippen MR) is 172 cm³/mol. The highest BCUT2D eigenvalue weighted by atomic mass is 35.5. The van der Waals surface area contributed by atoms with Crippen molar-refractivity contribution in [2.45, 2.75) is 96.4 Å². The average molecular weight is 637 g/mol. The summed E-state index contributed by atoms with van der Waals surface area (Å²) in [5.41, 5.74) is 0.838. The SMILES string of the molecule is CCC(C)/C=C/C=C/[C@H](O)C[C@@H](O)[C@@H](O)[C@H](O)[C@H](C)/C(Cl)=C/C=C/C=C(C)/C=C/C=C/C(=O)O[C@@H]1C[C@@H](C(=O)O)CC[C@@H]1O. The average Bonchev–Trinajstić information content (AvgIpc) is 2.99. The number of aliphatic hydroxyl groups is 5. The molecule has 0 heterocycles. The summed E-state index contributed by atoms with van der Waals surface area (Å²) >= 11 is 6.31. The van der Waals surface area contributed by atoms with Gasteiger partial charge in [-0.1, -0.05) is 105 Å². The summed E-state index contributed by atoms with van der Waals surface area (Å²) in [6.45, 7) is 7.60. The van der Waals surface area contributed by atoms with Crippen LogP contribution in [0.5, 0.6) is 0 Å². The van der Waals surface area contributed by atoms with Crippen molar-refractivity contribution in [3.05, 3.63) is 83.5 Å². The van der Waals surface area contributed by atoms with Crippen LogP contribution in [-0.2, 0) is 14.3 Å². The van der Waals surface area contributed by atoms with Crippen LogP contribution in [0.1, 0.15) is 59.8 Å². The highest BCUT2D eigenvalue weighted by molar-refractivity contribution is 6.30. The van der Waals surface area contributed by atoms with Crippen molar-refractivity contribution in [1.82, 2.24) is 0 Å². The lowest BCUT2D eigenvalue weighted by Gasteiger charge is -2.30. The zero-order valence-corrected chi connectivity index (χ0v) is 26.7. The summed E-state index contributed by atoms with van der Waals surface area (Å²) in [6, 6.07) is 0. The van der Waals surface area contributed by atoms with Gasteiger partial charge in [0.1, 0.15) is 12.2 Å². The maximum absolute atomic E-state index is 12.0. The number of allylic oxidation sites excluding steroid dienone is 11. The zero-order valence-electron chi connectivity index (χ0n) is 25.9. The van der Waals surface area contributed by atoms with E-state index in [-0.39, 0.29) is 24.3 Å². The number of aliphatic carboxylic acids is 1. The number of halogens is 1. The van der Waals surface area contributed by atoms with Gasteiger partial charge >= 0.3 is 11.9 Å². The Morgan fingerprint density at radius 1 is 0.909 bits per heavy atom. The van der Waals surface area contributed by atoms with Gasteiger partial charge in [-0.2, -0.15) is 0 Å². The van der Waals surface area contributed by atoms with E-state index >= 15 is 0 Å². The fourth-order valence-electron chi connectivity index (χ4n) is 4.29. The number of aliphatic hydroxyl groups excluding tert-OH is 5. The normalized spacial score (nSPS) is 24.7. The molecule has 246 valence electrons. The fraction of sp³-hybridized carbons (Fsp3) is 0.529. The molecule has 9 nitrogen and oxygen atoms in total. The second-order valence-corrected chi connectivity index (χ2v) is 11.7. The first-order chi connectivity index (χ1) is 20.8. The number of carboxylic acid groups (broad SMARTS) is 1. The van der Waals surface area contributed by atoms with Crippen molar-refractivity contribution >= 4 is 23.5 Å². The number of carboxylic acids is 1. The molecule has 0 aromatic carbocycles. The molecule has 1 aliphatic rings. The lowest BCUT2D eigenvalue weighted by Crippen LogP contribution is -2.42. The number of carbonyl (C=O) groups excluding carboxylic acids is 1. The molecular formula is C34H49ClO9.